The number of rotatable bonds is 6. The molecule has 0 aromatic heterocycles. The van der Waals surface area contributed by atoms with Crippen LogP contribution in [0, 0.1) is 0 Å². The van der Waals surface area contributed by atoms with Crippen molar-refractivity contribution in [2.45, 2.75) is 120 Å². The van der Waals surface area contributed by atoms with Crippen LogP contribution in [-0.2, 0) is 16.2 Å². The van der Waals surface area contributed by atoms with Gasteiger partial charge in [-0.1, -0.05) is 175 Å². The Balaban J connectivity index is 0.762. The van der Waals surface area contributed by atoms with Crippen LogP contribution in [0.25, 0.3) is 55.6 Å². The lowest BCUT2D eigenvalue weighted by Gasteiger charge is -2.50. The Labute approximate surface area is 410 Å². The molecule has 4 unspecified atom stereocenters. The van der Waals surface area contributed by atoms with E-state index >= 15 is 0 Å². The molecule has 0 spiro atoms. The molecular formula is C67H64N2. The van der Waals surface area contributed by atoms with Gasteiger partial charge in [0.05, 0.1) is 11.1 Å². The molecule has 2 nitrogen and oxygen atoms in total. The Morgan fingerprint density at radius 1 is 0.304 bits per heavy atom. The van der Waals surface area contributed by atoms with Crippen molar-refractivity contribution in [3.8, 4) is 55.6 Å². The van der Waals surface area contributed by atoms with Gasteiger partial charge in [-0.3, -0.25) is 0 Å². The first-order valence-corrected chi connectivity index (χ1v) is 25.9. The van der Waals surface area contributed by atoms with Gasteiger partial charge in [0.15, 0.2) is 0 Å². The highest BCUT2D eigenvalue weighted by atomic mass is 15.3. The van der Waals surface area contributed by atoms with E-state index in [0.29, 0.717) is 0 Å². The van der Waals surface area contributed by atoms with Gasteiger partial charge in [-0.2, -0.15) is 0 Å². The van der Waals surface area contributed by atoms with E-state index in [0.717, 1.165) is 0 Å². The molecule has 3 aliphatic carbocycles. The van der Waals surface area contributed by atoms with Gasteiger partial charge in [0.2, 0.25) is 0 Å². The Morgan fingerprint density at radius 2 is 0.609 bits per heavy atom. The molecule has 5 aliphatic rings. The van der Waals surface area contributed by atoms with Crippen LogP contribution in [0.5, 0.6) is 0 Å². The van der Waals surface area contributed by atoms with E-state index in [2.05, 4.69) is 233 Å². The second-order valence-electron chi connectivity index (χ2n) is 22.7. The van der Waals surface area contributed by atoms with E-state index in [9.17, 15) is 0 Å². The second-order valence-corrected chi connectivity index (χ2v) is 22.7. The van der Waals surface area contributed by atoms with Crippen LogP contribution in [0.1, 0.15) is 115 Å². The molecule has 0 N–H and O–H groups in total. The van der Waals surface area contributed by atoms with Crippen LogP contribution in [0.2, 0.25) is 0 Å². The zero-order valence-corrected chi connectivity index (χ0v) is 41.4. The molecule has 4 atom stereocenters. The van der Waals surface area contributed by atoms with Gasteiger partial charge in [-0.25, -0.2) is 0 Å². The molecule has 2 aliphatic heterocycles. The molecule has 0 radical (unpaired) electrons. The summed E-state index contributed by atoms with van der Waals surface area (Å²) in [7, 11) is 0. The lowest BCUT2D eigenvalue weighted by Crippen LogP contribution is -2.54. The van der Waals surface area contributed by atoms with Gasteiger partial charge in [0, 0.05) is 39.0 Å². The Bertz CT molecular complexity index is 3090. The molecular weight excluding hydrogens is 833 g/mol. The third-order valence-electron chi connectivity index (χ3n) is 19.0. The summed E-state index contributed by atoms with van der Waals surface area (Å²) in [5.74, 6) is 0. The van der Waals surface area contributed by atoms with Crippen LogP contribution in [0.15, 0.2) is 182 Å². The van der Waals surface area contributed by atoms with Gasteiger partial charge in [0.25, 0.3) is 0 Å². The second kappa shape index (κ2) is 15.2. The highest BCUT2D eigenvalue weighted by Crippen LogP contribution is 2.63. The number of fused-ring (bicyclic) bond motifs is 9. The summed E-state index contributed by atoms with van der Waals surface area (Å²) in [4.78, 5) is 5.33. The van der Waals surface area contributed by atoms with E-state index in [-0.39, 0.29) is 27.3 Å². The van der Waals surface area contributed by atoms with Gasteiger partial charge in [-0.05, 0) is 178 Å². The predicted molar refractivity (Wildman–Crippen MR) is 291 cm³/mol. The maximum absolute atomic E-state index is 2.67. The average Bonchev–Trinajstić information content (AvgIpc) is 3.84. The number of hydrogen-bond donors (Lipinski definition) is 0. The fourth-order valence-corrected chi connectivity index (χ4v) is 14.6. The van der Waals surface area contributed by atoms with E-state index in [1.54, 1.807) is 0 Å². The highest BCUT2D eigenvalue weighted by Gasteiger charge is 2.59. The molecule has 8 aromatic carbocycles. The van der Waals surface area contributed by atoms with Gasteiger partial charge in [-0.15, -0.1) is 0 Å². The molecule has 0 bridgehead atoms. The average molecular weight is 897 g/mol. The maximum atomic E-state index is 2.67. The van der Waals surface area contributed by atoms with Crippen LogP contribution in [0.3, 0.4) is 0 Å². The van der Waals surface area contributed by atoms with E-state index in [1.165, 1.54) is 152 Å². The fourth-order valence-electron chi connectivity index (χ4n) is 14.6. The Morgan fingerprint density at radius 3 is 0.971 bits per heavy atom. The Kier molecular flexibility index (Phi) is 9.34. The molecule has 8 aromatic rings. The molecule has 2 fully saturated rings. The smallest absolute Gasteiger partial charge is 0.0517 e. The third-order valence-corrected chi connectivity index (χ3v) is 19.0. The van der Waals surface area contributed by atoms with Crippen LogP contribution >= 0.6 is 0 Å². The molecule has 69 heavy (non-hydrogen) atoms. The summed E-state index contributed by atoms with van der Waals surface area (Å²) in [5.41, 5.74) is 24.3. The fraction of sp³-hybridized carbons (Fsp3) is 0.284. The van der Waals surface area contributed by atoms with Crippen molar-refractivity contribution in [2.75, 3.05) is 9.80 Å². The number of nitrogens with zero attached hydrogens (tertiary/aromatic N) is 2. The first-order valence-electron chi connectivity index (χ1n) is 25.9. The van der Waals surface area contributed by atoms with E-state index in [4.69, 9.17) is 0 Å². The summed E-state index contributed by atoms with van der Waals surface area (Å²) in [6.07, 6.45) is 10.0. The first-order chi connectivity index (χ1) is 33.4. The molecule has 0 amide bonds. The normalized spacial score (nSPS) is 24.8. The first kappa shape index (κ1) is 42.5. The van der Waals surface area contributed by atoms with Gasteiger partial charge >= 0.3 is 0 Å². The summed E-state index contributed by atoms with van der Waals surface area (Å²) in [5, 5.41) is 0. The minimum absolute atomic E-state index is 0.0544. The van der Waals surface area contributed by atoms with Crippen molar-refractivity contribution in [3.63, 3.8) is 0 Å². The van der Waals surface area contributed by atoms with Gasteiger partial charge in [0.1, 0.15) is 0 Å². The highest BCUT2D eigenvalue weighted by molar-refractivity contribution is 5.87. The Hall–Kier alpha value is -6.64. The third kappa shape index (κ3) is 6.03. The number of para-hydroxylation sites is 2. The molecule has 2 saturated carbocycles. The number of hydrogen-bond acceptors (Lipinski definition) is 2. The molecule has 0 saturated heterocycles. The topological polar surface area (TPSA) is 6.48 Å². The van der Waals surface area contributed by atoms with Crippen molar-refractivity contribution in [3.05, 3.63) is 204 Å². The SMILES string of the molecule is CC1(C)c2cc(-c3ccc(-c4ccc5c(c4)C4(C)CCCCC4(C)N5c4ccccc4)cc3)ccc2-c2ccc(-c3ccc(-c4ccc5c(c4)C4(C)CCCCC4(C)N5c4ccccc4)cc3)cc21. The molecule has 2 heterocycles. The monoisotopic (exact) mass is 897 g/mol. The van der Waals surface area contributed by atoms with E-state index < -0.39 is 0 Å². The van der Waals surface area contributed by atoms with Crippen LogP contribution in [0.4, 0.5) is 22.7 Å². The largest absolute Gasteiger partial charge is 0.334 e. The maximum Gasteiger partial charge on any atom is 0.0517 e. The summed E-state index contributed by atoms with van der Waals surface area (Å²) in [6.45, 7) is 14.9. The van der Waals surface area contributed by atoms with Crippen molar-refractivity contribution in [2.24, 2.45) is 0 Å². The minimum Gasteiger partial charge on any atom is -0.334 e. The lowest BCUT2D eigenvalue weighted by molar-refractivity contribution is 0.195. The van der Waals surface area contributed by atoms with Crippen LogP contribution < -0.4 is 9.80 Å². The molecule has 2 heteroatoms. The molecule has 342 valence electrons. The van der Waals surface area contributed by atoms with Gasteiger partial charge < -0.3 is 9.80 Å². The van der Waals surface area contributed by atoms with Crippen LogP contribution in [-0.4, -0.2) is 11.1 Å². The number of anilines is 4. The van der Waals surface area contributed by atoms with Crippen molar-refractivity contribution >= 4 is 22.7 Å². The summed E-state index contributed by atoms with van der Waals surface area (Å²) in [6, 6.07) is 69.7. The quantitative estimate of drug-likeness (QED) is 0.164. The van der Waals surface area contributed by atoms with Crippen molar-refractivity contribution < 1.29 is 0 Å². The summed E-state index contributed by atoms with van der Waals surface area (Å²) < 4.78 is 0. The zero-order valence-electron chi connectivity index (χ0n) is 41.4. The lowest BCUT2D eigenvalue weighted by atomic mass is 9.61. The van der Waals surface area contributed by atoms with E-state index in [1.807, 2.05) is 0 Å². The molecule has 13 rings (SSSR count). The zero-order chi connectivity index (χ0) is 46.9. The minimum atomic E-state index is -0.125. The number of benzene rings is 8. The predicted octanol–water partition coefficient (Wildman–Crippen LogP) is 18.1. The van der Waals surface area contributed by atoms with Crippen molar-refractivity contribution in [1.82, 2.24) is 0 Å². The van der Waals surface area contributed by atoms with Crippen molar-refractivity contribution in [1.29, 1.82) is 0 Å². The summed E-state index contributed by atoms with van der Waals surface area (Å²) >= 11 is 0. The standard InChI is InChI=1S/C67H64N2/c1-63(2)57-41-49(45-21-25-47(26-22-45)51-31-35-61-59(43-51)64(3)37-13-15-39-66(64,5)68(61)53-17-9-7-10-18-53)29-33-55(57)56-34-30-50(42-58(56)63)46-23-27-48(28-24-46)52-32-36-62-60(44-52)65(4)38-14-16-40-67(65,6)69(62)54-19-11-8-12-20-54/h7-12,17-36,41-44H,13-16,37-40H2,1-6H3.